The Morgan fingerprint density at radius 1 is 1.05 bits per heavy atom. The number of aliphatic carboxylic acids is 1. The number of carbonyl (C=O) groups excluding carboxylic acids is 4. The average Bonchev–Trinajstić information content (AvgIpc) is 3.51. The predicted molar refractivity (Wildman–Crippen MR) is 153 cm³/mol. The molecule has 14 heteroatoms. The highest BCUT2D eigenvalue weighted by atomic mass is 16.6. The molecule has 2 aromatic rings. The minimum absolute atomic E-state index is 0.0146. The van der Waals surface area contributed by atoms with Crippen LogP contribution in [-0.2, 0) is 23.9 Å². The van der Waals surface area contributed by atoms with E-state index >= 15 is 0 Å². The maximum atomic E-state index is 13.4. The number of hydrogen-bond acceptors (Lipinski definition) is 9. The molecule has 2 N–H and O–H groups in total. The van der Waals surface area contributed by atoms with Crippen molar-refractivity contribution in [2.45, 2.75) is 38.3 Å². The molecule has 0 aliphatic carbocycles. The SMILES string of the molecule is CCOC(=O)N1CCN(C(=O)C(CCC(=O)O)NC(=O)c2cc(OCC(=O)N3CC[C@H](OC)C3)c3ccccc3n2)CC1. The maximum absolute atomic E-state index is 13.4. The molecule has 0 saturated carbocycles. The van der Waals surface area contributed by atoms with Gasteiger partial charge < -0.3 is 39.3 Å². The summed E-state index contributed by atoms with van der Waals surface area (Å²) in [5.41, 5.74) is 0.392. The fourth-order valence-electron chi connectivity index (χ4n) is 5.06. The number of aromatic nitrogens is 1. The van der Waals surface area contributed by atoms with Crippen molar-refractivity contribution in [2.24, 2.45) is 0 Å². The van der Waals surface area contributed by atoms with Gasteiger partial charge in [-0.25, -0.2) is 9.78 Å². The largest absolute Gasteiger partial charge is 0.483 e. The zero-order valence-corrected chi connectivity index (χ0v) is 24.3. The quantitative estimate of drug-likeness (QED) is 0.382. The van der Waals surface area contributed by atoms with E-state index in [0.717, 1.165) is 6.42 Å². The van der Waals surface area contributed by atoms with Gasteiger partial charge in [0.25, 0.3) is 11.8 Å². The van der Waals surface area contributed by atoms with Crippen LogP contribution < -0.4 is 10.1 Å². The van der Waals surface area contributed by atoms with Gasteiger partial charge in [0.15, 0.2) is 6.61 Å². The lowest BCUT2D eigenvalue weighted by Gasteiger charge is -2.35. The lowest BCUT2D eigenvalue weighted by atomic mass is 10.1. The summed E-state index contributed by atoms with van der Waals surface area (Å²) >= 11 is 0. The maximum Gasteiger partial charge on any atom is 0.409 e. The predicted octanol–water partition coefficient (Wildman–Crippen LogP) is 1.12. The highest BCUT2D eigenvalue weighted by Gasteiger charge is 2.31. The highest BCUT2D eigenvalue weighted by molar-refractivity contribution is 5.99. The minimum Gasteiger partial charge on any atom is -0.483 e. The Kier molecular flexibility index (Phi) is 10.7. The monoisotopic (exact) mass is 599 g/mol. The van der Waals surface area contributed by atoms with Gasteiger partial charge in [0, 0.05) is 64.3 Å². The Balaban J connectivity index is 1.47. The average molecular weight is 600 g/mol. The van der Waals surface area contributed by atoms with Crippen LogP contribution in [0, 0.1) is 0 Å². The molecular weight excluding hydrogens is 562 g/mol. The molecule has 0 radical (unpaired) electrons. The van der Waals surface area contributed by atoms with Gasteiger partial charge in [0.1, 0.15) is 17.5 Å². The molecule has 2 aliphatic heterocycles. The first-order valence-electron chi connectivity index (χ1n) is 14.3. The lowest BCUT2D eigenvalue weighted by molar-refractivity contribution is -0.138. The fourth-order valence-corrected chi connectivity index (χ4v) is 5.06. The third-order valence-electron chi connectivity index (χ3n) is 7.46. The molecule has 1 unspecified atom stereocenters. The van der Waals surface area contributed by atoms with Crippen molar-refractivity contribution >= 4 is 40.7 Å². The van der Waals surface area contributed by atoms with E-state index < -0.39 is 29.9 Å². The van der Waals surface area contributed by atoms with Crippen LogP contribution in [0.25, 0.3) is 10.9 Å². The number of rotatable bonds is 11. The molecule has 4 rings (SSSR count). The van der Waals surface area contributed by atoms with E-state index in [1.165, 1.54) is 15.9 Å². The Bertz CT molecular complexity index is 1340. The molecule has 43 heavy (non-hydrogen) atoms. The van der Waals surface area contributed by atoms with Gasteiger partial charge >= 0.3 is 12.1 Å². The first-order valence-corrected chi connectivity index (χ1v) is 14.3. The molecule has 14 nitrogen and oxygen atoms in total. The number of benzene rings is 1. The summed E-state index contributed by atoms with van der Waals surface area (Å²) in [6.07, 6.45) is -0.220. The first-order chi connectivity index (χ1) is 20.7. The molecule has 3 heterocycles. The van der Waals surface area contributed by atoms with Crippen molar-refractivity contribution < 1.29 is 43.3 Å². The summed E-state index contributed by atoms with van der Waals surface area (Å²) < 4.78 is 16.2. The third-order valence-corrected chi connectivity index (χ3v) is 7.46. The number of para-hydroxylation sites is 1. The van der Waals surface area contributed by atoms with Gasteiger partial charge in [-0.2, -0.15) is 0 Å². The van der Waals surface area contributed by atoms with Crippen LogP contribution in [0.5, 0.6) is 5.75 Å². The third kappa shape index (κ3) is 8.09. The van der Waals surface area contributed by atoms with E-state index in [1.807, 2.05) is 0 Å². The highest BCUT2D eigenvalue weighted by Crippen LogP contribution is 2.26. The standard InChI is InChI=1S/C29H37N5O9/c1-3-42-29(40)33-14-12-32(13-15-33)28(39)22(8-9-26(36)37)31-27(38)23-16-24(20-6-4-5-7-21(20)30-23)43-18-25(35)34-11-10-19(17-34)41-2/h4-7,16,19,22H,3,8-15,17-18H2,1-2H3,(H,31,38)(H,36,37)/t19-,22?/m0/s1. The van der Waals surface area contributed by atoms with Crippen molar-refractivity contribution in [3.63, 3.8) is 0 Å². The van der Waals surface area contributed by atoms with Gasteiger partial charge in [-0.05, 0) is 31.9 Å². The number of carboxylic acid groups (broad SMARTS) is 1. The normalized spacial score (nSPS) is 17.4. The van der Waals surface area contributed by atoms with Gasteiger partial charge in [0.2, 0.25) is 5.91 Å². The summed E-state index contributed by atoms with van der Waals surface area (Å²) in [5, 5.41) is 12.5. The summed E-state index contributed by atoms with van der Waals surface area (Å²) in [4.78, 5) is 72.0. The first kappa shape index (κ1) is 31.5. The zero-order chi connectivity index (χ0) is 30.9. The second-order valence-corrected chi connectivity index (χ2v) is 10.3. The van der Waals surface area contributed by atoms with Crippen molar-refractivity contribution in [2.75, 3.05) is 59.6 Å². The summed E-state index contributed by atoms with van der Waals surface area (Å²) in [6.45, 7) is 3.65. The Morgan fingerprint density at radius 3 is 2.44 bits per heavy atom. The number of amides is 4. The summed E-state index contributed by atoms with van der Waals surface area (Å²) in [7, 11) is 1.61. The molecule has 1 aromatic carbocycles. The molecular formula is C29H37N5O9. The molecule has 1 aromatic heterocycles. The number of carboxylic acids is 1. The summed E-state index contributed by atoms with van der Waals surface area (Å²) in [5.74, 6) is -2.21. The smallest absolute Gasteiger partial charge is 0.409 e. The summed E-state index contributed by atoms with van der Waals surface area (Å²) in [6, 6.07) is 7.25. The fraction of sp³-hybridized carbons (Fsp3) is 0.517. The van der Waals surface area contributed by atoms with Crippen molar-refractivity contribution in [3.8, 4) is 5.75 Å². The number of pyridine rings is 1. The number of carbonyl (C=O) groups is 5. The van der Waals surface area contributed by atoms with E-state index in [-0.39, 0.29) is 75.7 Å². The molecule has 2 saturated heterocycles. The lowest BCUT2D eigenvalue weighted by Crippen LogP contribution is -2.56. The number of fused-ring (bicyclic) bond motifs is 1. The molecule has 0 bridgehead atoms. The molecule has 2 fully saturated rings. The molecule has 2 atom stereocenters. The van der Waals surface area contributed by atoms with Crippen LogP contribution >= 0.6 is 0 Å². The number of likely N-dealkylation sites (tertiary alicyclic amines) is 1. The Labute approximate surface area is 248 Å². The van der Waals surface area contributed by atoms with Crippen LogP contribution in [0.3, 0.4) is 0 Å². The van der Waals surface area contributed by atoms with Crippen LogP contribution in [0.1, 0.15) is 36.7 Å². The number of hydrogen-bond donors (Lipinski definition) is 2. The van der Waals surface area contributed by atoms with Crippen molar-refractivity contribution in [1.82, 2.24) is 25.0 Å². The Morgan fingerprint density at radius 2 is 1.77 bits per heavy atom. The van der Waals surface area contributed by atoms with Crippen molar-refractivity contribution in [1.29, 1.82) is 0 Å². The second kappa shape index (κ2) is 14.6. The molecule has 232 valence electrons. The molecule has 2 aliphatic rings. The molecule has 4 amide bonds. The second-order valence-electron chi connectivity index (χ2n) is 10.3. The minimum atomic E-state index is -1.14. The van der Waals surface area contributed by atoms with Gasteiger partial charge in [-0.1, -0.05) is 12.1 Å². The van der Waals surface area contributed by atoms with E-state index in [2.05, 4.69) is 10.3 Å². The zero-order valence-electron chi connectivity index (χ0n) is 24.3. The number of nitrogens with zero attached hydrogens (tertiary/aromatic N) is 4. The van der Waals surface area contributed by atoms with Crippen LogP contribution in [0.4, 0.5) is 4.79 Å². The number of methoxy groups -OCH3 is 1. The van der Waals surface area contributed by atoms with E-state index in [0.29, 0.717) is 24.0 Å². The van der Waals surface area contributed by atoms with Gasteiger partial charge in [-0.15, -0.1) is 0 Å². The number of nitrogens with one attached hydrogen (secondary N) is 1. The number of piperazine rings is 1. The number of ether oxygens (including phenoxy) is 3. The van der Waals surface area contributed by atoms with Gasteiger partial charge in [-0.3, -0.25) is 19.2 Å². The van der Waals surface area contributed by atoms with Crippen LogP contribution in [0.15, 0.2) is 30.3 Å². The topological polar surface area (TPSA) is 168 Å². The van der Waals surface area contributed by atoms with E-state index in [1.54, 1.807) is 43.2 Å². The Hall–Kier alpha value is -4.46. The molecule has 0 spiro atoms. The van der Waals surface area contributed by atoms with Crippen LogP contribution in [0.2, 0.25) is 0 Å². The van der Waals surface area contributed by atoms with E-state index in [4.69, 9.17) is 14.2 Å². The van der Waals surface area contributed by atoms with Gasteiger partial charge in [0.05, 0.1) is 18.2 Å². The van der Waals surface area contributed by atoms with E-state index in [9.17, 15) is 29.1 Å². The van der Waals surface area contributed by atoms with Crippen molar-refractivity contribution in [3.05, 3.63) is 36.0 Å². The van der Waals surface area contributed by atoms with Crippen LogP contribution in [-0.4, -0.2) is 126 Å².